The lowest BCUT2D eigenvalue weighted by Crippen LogP contribution is -2.24. The molecule has 0 aliphatic rings. The van der Waals surface area contributed by atoms with Crippen LogP contribution < -0.4 is 5.32 Å². The van der Waals surface area contributed by atoms with Gasteiger partial charge < -0.3 is 15.3 Å². The smallest absolute Gasteiger partial charge is 0.340 e. The van der Waals surface area contributed by atoms with Crippen LogP contribution in [-0.2, 0) is 0 Å². The van der Waals surface area contributed by atoms with Crippen molar-refractivity contribution in [3.05, 3.63) is 29.6 Å². The van der Waals surface area contributed by atoms with E-state index in [9.17, 15) is 9.18 Å². The van der Waals surface area contributed by atoms with Crippen molar-refractivity contribution in [1.29, 1.82) is 0 Å². The molecule has 0 aliphatic heterocycles. The maximum atomic E-state index is 13.4. The van der Waals surface area contributed by atoms with E-state index >= 15 is 0 Å². The molecule has 0 radical (unpaired) electrons. The predicted octanol–water partition coefficient (Wildman–Crippen LogP) is 2.28. The Morgan fingerprint density at radius 3 is 2.72 bits per heavy atom. The fourth-order valence-electron chi connectivity index (χ4n) is 1.65. The number of hydrogen-bond acceptors (Lipinski definition) is 3. The van der Waals surface area contributed by atoms with Crippen molar-refractivity contribution in [3.8, 4) is 0 Å². The van der Waals surface area contributed by atoms with Crippen LogP contribution in [0.4, 0.5) is 10.1 Å². The molecule has 18 heavy (non-hydrogen) atoms. The van der Waals surface area contributed by atoms with Crippen molar-refractivity contribution in [2.45, 2.75) is 19.4 Å². The Morgan fingerprint density at radius 2 is 2.17 bits per heavy atom. The average molecular weight is 254 g/mol. The van der Waals surface area contributed by atoms with Crippen molar-refractivity contribution in [1.82, 2.24) is 4.90 Å². The molecule has 1 aromatic carbocycles. The van der Waals surface area contributed by atoms with Crippen LogP contribution in [0.15, 0.2) is 18.2 Å². The lowest BCUT2D eigenvalue weighted by molar-refractivity contribution is 0.0693. The lowest BCUT2D eigenvalue weighted by atomic mass is 10.1. The highest BCUT2D eigenvalue weighted by Gasteiger charge is 2.16. The number of anilines is 1. The molecule has 0 spiro atoms. The zero-order valence-electron chi connectivity index (χ0n) is 10.9. The number of benzene rings is 1. The van der Waals surface area contributed by atoms with E-state index in [0.29, 0.717) is 5.69 Å². The molecule has 1 aromatic rings. The molecular formula is C13H19FN2O2. The van der Waals surface area contributed by atoms with Gasteiger partial charge in [-0.05, 0) is 46.1 Å². The molecule has 0 bridgehead atoms. The van der Waals surface area contributed by atoms with Gasteiger partial charge >= 0.3 is 5.97 Å². The number of rotatable bonds is 6. The Labute approximate surface area is 106 Å². The normalized spacial score (nSPS) is 12.5. The zero-order valence-corrected chi connectivity index (χ0v) is 10.9. The first-order valence-electron chi connectivity index (χ1n) is 5.85. The minimum absolute atomic E-state index is 0.0762. The van der Waals surface area contributed by atoms with Crippen LogP contribution in [-0.4, -0.2) is 42.7 Å². The Balaban J connectivity index is 2.78. The van der Waals surface area contributed by atoms with Gasteiger partial charge in [0.15, 0.2) is 0 Å². The van der Waals surface area contributed by atoms with Gasteiger partial charge in [0, 0.05) is 6.04 Å². The third-order valence-corrected chi connectivity index (χ3v) is 2.64. The molecule has 0 saturated heterocycles. The summed E-state index contributed by atoms with van der Waals surface area (Å²) < 4.78 is 13.4. The number of aromatic carboxylic acids is 1. The lowest BCUT2D eigenvalue weighted by Gasteiger charge is -2.19. The Hall–Kier alpha value is -1.62. The maximum absolute atomic E-state index is 13.4. The first kappa shape index (κ1) is 14.4. The van der Waals surface area contributed by atoms with Crippen molar-refractivity contribution >= 4 is 11.7 Å². The van der Waals surface area contributed by atoms with Crippen molar-refractivity contribution in [2.24, 2.45) is 0 Å². The van der Waals surface area contributed by atoms with Crippen LogP contribution in [0.1, 0.15) is 23.7 Å². The number of carbonyl (C=O) groups is 1. The molecule has 0 aromatic heterocycles. The molecular weight excluding hydrogens is 235 g/mol. The molecule has 100 valence electrons. The molecule has 5 heteroatoms. The SMILES string of the molecule is CC(CCN(C)C)Nc1cccc(F)c1C(=O)O. The van der Waals surface area contributed by atoms with Crippen molar-refractivity contribution in [3.63, 3.8) is 0 Å². The average Bonchev–Trinajstić information content (AvgIpc) is 2.26. The van der Waals surface area contributed by atoms with Crippen LogP contribution in [0.2, 0.25) is 0 Å². The number of hydrogen-bond donors (Lipinski definition) is 2. The summed E-state index contributed by atoms with van der Waals surface area (Å²) in [5.74, 6) is -1.97. The molecule has 1 atom stereocenters. The number of halogens is 1. The molecule has 0 aliphatic carbocycles. The second-order valence-electron chi connectivity index (χ2n) is 4.60. The van der Waals surface area contributed by atoms with Crippen LogP contribution in [0, 0.1) is 5.82 Å². The Kier molecular flexibility index (Phi) is 5.09. The fraction of sp³-hybridized carbons (Fsp3) is 0.462. The van der Waals surface area contributed by atoms with Gasteiger partial charge in [-0.15, -0.1) is 0 Å². The zero-order chi connectivity index (χ0) is 13.7. The van der Waals surface area contributed by atoms with Gasteiger partial charge in [-0.2, -0.15) is 0 Å². The Morgan fingerprint density at radius 1 is 1.50 bits per heavy atom. The van der Waals surface area contributed by atoms with Gasteiger partial charge in [0.1, 0.15) is 11.4 Å². The molecule has 0 heterocycles. The molecule has 0 amide bonds. The van der Waals surface area contributed by atoms with E-state index in [1.54, 1.807) is 6.07 Å². The van der Waals surface area contributed by atoms with E-state index in [-0.39, 0.29) is 11.6 Å². The fourth-order valence-corrected chi connectivity index (χ4v) is 1.65. The number of carboxylic acids is 1. The number of carboxylic acid groups (broad SMARTS) is 1. The second kappa shape index (κ2) is 6.35. The van der Waals surface area contributed by atoms with Crippen molar-refractivity contribution < 1.29 is 14.3 Å². The quantitative estimate of drug-likeness (QED) is 0.817. The van der Waals surface area contributed by atoms with Gasteiger partial charge in [-0.1, -0.05) is 6.07 Å². The molecule has 4 nitrogen and oxygen atoms in total. The van der Waals surface area contributed by atoms with E-state index in [4.69, 9.17) is 5.11 Å². The van der Waals surface area contributed by atoms with E-state index in [2.05, 4.69) is 5.32 Å². The molecule has 0 fully saturated rings. The van der Waals surface area contributed by atoms with Crippen LogP contribution in [0.5, 0.6) is 0 Å². The summed E-state index contributed by atoms with van der Waals surface area (Å²) in [6.45, 7) is 2.83. The molecule has 1 rings (SSSR count). The summed E-state index contributed by atoms with van der Waals surface area (Å²) in [4.78, 5) is 13.0. The summed E-state index contributed by atoms with van der Waals surface area (Å²) in [6, 6.07) is 4.31. The third kappa shape index (κ3) is 4.00. The molecule has 2 N–H and O–H groups in total. The van der Waals surface area contributed by atoms with Gasteiger partial charge in [0.25, 0.3) is 0 Å². The van der Waals surface area contributed by atoms with Crippen LogP contribution in [0.3, 0.4) is 0 Å². The minimum Gasteiger partial charge on any atom is -0.478 e. The summed E-state index contributed by atoms with van der Waals surface area (Å²) in [7, 11) is 3.94. The third-order valence-electron chi connectivity index (χ3n) is 2.64. The summed E-state index contributed by atoms with van der Waals surface area (Å²) in [5.41, 5.74) is 0.0305. The maximum Gasteiger partial charge on any atom is 0.340 e. The molecule has 1 unspecified atom stereocenters. The highest BCUT2D eigenvalue weighted by atomic mass is 19.1. The topological polar surface area (TPSA) is 52.6 Å². The van der Waals surface area contributed by atoms with Gasteiger partial charge in [-0.25, -0.2) is 9.18 Å². The largest absolute Gasteiger partial charge is 0.478 e. The van der Waals surface area contributed by atoms with E-state index in [1.807, 2.05) is 25.9 Å². The monoisotopic (exact) mass is 254 g/mol. The van der Waals surface area contributed by atoms with E-state index in [1.165, 1.54) is 6.07 Å². The summed E-state index contributed by atoms with van der Waals surface area (Å²) in [6.07, 6.45) is 0.850. The van der Waals surface area contributed by atoms with Crippen molar-refractivity contribution in [2.75, 3.05) is 26.0 Å². The van der Waals surface area contributed by atoms with Gasteiger partial charge in [-0.3, -0.25) is 0 Å². The van der Waals surface area contributed by atoms with E-state index < -0.39 is 11.8 Å². The first-order valence-corrected chi connectivity index (χ1v) is 5.85. The number of nitrogens with one attached hydrogen (secondary N) is 1. The first-order chi connectivity index (χ1) is 8.41. The van der Waals surface area contributed by atoms with Gasteiger partial charge in [0.2, 0.25) is 0 Å². The Bertz CT molecular complexity index is 421. The van der Waals surface area contributed by atoms with Crippen LogP contribution >= 0.6 is 0 Å². The summed E-state index contributed by atoms with van der Waals surface area (Å²) in [5, 5.41) is 12.0. The number of nitrogens with zero attached hydrogens (tertiary/aromatic N) is 1. The molecule has 0 saturated carbocycles. The summed E-state index contributed by atoms with van der Waals surface area (Å²) >= 11 is 0. The second-order valence-corrected chi connectivity index (χ2v) is 4.60. The van der Waals surface area contributed by atoms with Crippen LogP contribution in [0.25, 0.3) is 0 Å². The minimum atomic E-state index is -1.25. The van der Waals surface area contributed by atoms with Gasteiger partial charge in [0.05, 0.1) is 5.69 Å². The highest BCUT2D eigenvalue weighted by Crippen LogP contribution is 2.20. The predicted molar refractivity (Wildman–Crippen MR) is 69.6 cm³/mol. The highest BCUT2D eigenvalue weighted by molar-refractivity contribution is 5.94. The standard InChI is InChI=1S/C13H19FN2O2/c1-9(7-8-16(2)3)15-11-6-4-5-10(14)12(11)13(17)18/h4-6,9,15H,7-8H2,1-3H3,(H,17,18). The van der Waals surface area contributed by atoms with E-state index in [0.717, 1.165) is 19.0 Å².